The van der Waals surface area contributed by atoms with Crippen molar-refractivity contribution in [3.63, 3.8) is 0 Å². The summed E-state index contributed by atoms with van der Waals surface area (Å²) in [5, 5.41) is 51.0. The lowest BCUT2D eigenvalue weighted by atomic mass is 9.97. The second-order valence-corrected chi connectivity index (χ2v) is 6.29. The molecular formula is C12H27ClN2O6. The Morgan fingerprint density at radius 3 is 2.19 bits per heavy atom. The van der Waals surface area contributed by atoms with Gasteiger partial charge >= 0.3 is 0 Å². The van der Waals surface area contributed by atoms with E-state index in [2.05, 4.69) is 5.32 Å². The molecule has 1 heterocycles. The fraction of sp³-hybridized carbons (Fsp3) is 1.00. The van der Waals surface area contributed by atoms with E-state index in [9.17, 15) is 20.4 Å². The van der Waals surface area contributed by atoms with Crippen molar-refractivity contribution in [3.05, 3.63) is 0 Å². The maximum atomic E-state index is 9.91. The van der Waals surface area contributed by atoms with Gasteiger partial charge in [-0.3, -0.25) is 0 Å². The average molecular weight is 331 g/mol. The van der Waals surface area contributed by atoms with Crippen LogP contribution in [0.25, 0.3) is 0 Å². The van der Waals surface area contributed by atoms with Crippen LogP contribution in [0.3, 0.4) is 0 Å². The van der Waals surface area contributed by atoms with Crippen LogP contribution in [0.2, 0.25) is 0 Å². The zero-order chi connectivity index (χ0) is 15.5. The number of likely N-dealkylation sites (N-methyl/N-ethyl adjacent to an activating group) is 1. The number of quaternary nitrogens is 1. The summed E-state index contributed by atoms with van der Waals surface area (Å²) in [6.07, 6.45) is -5.62. The second-order valence-electron chi connectivity index (χ2n) is 6.29. The van der Waals surface area contributed by atoms with Crippen LogP contribution in [0.4, 0.5) is 0 Å². The van der Waals surface area contributed by atoms with Gasteiger partial charge in [0.15, 0.2) is 6.29 Å². The first kappa shape index (κ1) is 21.0. The summed E-state index contributed by atoms with van der Waals surface area (Å²) in [6, 6.07) is -0.921. The highest BCUT2D eigenvalue weighted by molar-refractivity contribution is 4.92. The summed E-state index contributed by atoms with van der Waals surface area (Å²) in [5.74, 6) is 0. The van der Waals surface area contributed by atoms with Crippen LogP contribution < -0.4 is 17.7 Å². The first-order valence-electron chi connectivity index (χ1n) is 6.68. The molecule has 128 valence electrons. The van der Waals surface area contributed by atoms with Gasteiger partial charge in [-0.05, 0) is 0 Å². The highest BCUT2D eigenvalue weighted by Crippen LogP contribution is 2.19. The standard InChI is InChI=1S/C12H27N2O6.ClH/c1-14(2,3)5-7(16)4-13-9-11(18)10(17)8(6-15)20-12(9)19;/h7-13,15-19H,4-6H2,1-3H3;1H/q+1;/p-1/t7?,8-,9-,10-,11-,12-;/m1./s1. The van der Waals surface area contributed by atoms with Crippen LogP contribution in [0.1, 0.15) is 0 Å². The van der Waals surface area contributed by atoms with E-state index in [0.29, 0.717) is 11.0 Å². The van der Waals surface area contributed by atoms with Crippen LogP contribution in [-0.4, -0.2) is 108 Å². The summed E-state index contributed by atoms with van der Waals surface area (Å²) in [4.78, 5) is 0. The van der Waals surface area contributed by atoms with Crippen molar-refractivity contribution in [2.45, 2.75) is 36.7 Å². The molecule has 0 aliphatic carbocycles. The molecule has 0 amide bonds. The minimum Gasteiger partial charge on any atom is -1.00 e. The zero-order valence-corrected chi connectivity index (χ0v) is 13.3. The van der Waals surface area contributed by atoms with E-state index in [4.69, 9.17) is 9.84 Å². The summed E-state index contributed by atoms with van der Waals surface area (Å²) in [6.45, 7) is 0.148. The molecule has 1 fully saturated rings. The van der Waals surface area contributed by atoms with E-state index in [1.54, 1.807) is 0 Å². The number of rotatable bonds is 6. The van der Waals surface area contributed by atoms with Crippen molar-refractivity contribution in [3.8, 4) is 0 Å². The number of halogens is 1. The maximum Gasteiger partial charge on any atom is 0.173 e. The summed E-state index contributed by atoms with van der Waals surface area (Å²) < 4.78 is 5.59. The topological polar surface area (TPSA) is 122 Å². The van der Waals surface area contributed by atoms with Gasteiger partial charge in [-0.15, -0.1) is 0 Å². The van der Waals surface area contributed by atoms with Crippen LogP contribution in [-0.2, 0) is 4.74 Å². The van der Waals surface area contributed by atoms with Gasteiger partial charge in [-0.1, -0.05) is 0 Å². The molecule has 0 spiro atoms. The van der Waals surface area contributed by atoms with Crippen molar-refractivity contribution in [1.29, 1.82) is 0 Å². The highest BCUT2D eigenvalue weighted by atomic mass is 35.5. The van der Waals surface area contributed by atoms with Gasteiger partial charge in [-0.2, -0.15) is 0 Å². The molecule has 1 aliphatic heterocycles. The number of nitrogens with one attached hydrogen (secondary N) is 1. The molecular weight excluding hydrogens is 304 g/mol. The molecule has 0 radical (unpaired) electrons. The molecule has 0 bridgehead atoms. The third-order valence-corrected chi connectivity index (χ3v) is 3.25. The molecule has 1 saturated heterocycles. The lowest BCUT2D eigenvalue weighted by Gasteiger charge is -2.40. The molecule has 6 atom stereocenters. The van der Waals surface area contributed by atoms with Crippen molar-refractivity contribution < 1.29 is 47.2 Å². The van der Waals surface area contributed by atoms with E-state index >= 15 is 0 Å². The third-order valence-electron chi connectivity index (χ3n) is 3.25. The first-order valence-corrected chi connectivity index (χ1v) is 6.68. The molecule has 0 aromatic carbocycles. The number of nitrogens with zero attached hydrogens (tertiary/aromatic N) is 1. The Morgan fingerprint density at radius 2 is 1.71 bits per heavy atom. The molecule has 0 aromatic rings. The summed E-state index contributed by atoms with van der Waals surface area (Å²) in [5.41, 5.74) is 0. The Labute approximate surface area is 131 Å². The molecule has 1 aliphatic rings. The second kappa shape index (κ2) is 8.56. The normalized spacial score (nSPS) is 35.1. The molecule has 1 unspecified atom stereocenters. The number of aliphatic hydroxyl groups excluding tert-OH is 5. The quantitative estimate of drug-likeness (QED) is 0.268. The Morgan fingerprint density at radius 1 is 1.14 bits per heavy atom. The molecule has 0 saturated carbocycles. The molecule has 6 N–H and O–H groups in total. The lowest BCUT2D eigenvalue weighted by molar-refractivity contribution is -0.873. The number of aliphatic hydroxyl groups is 5. The predicted molar refractivity (Wildman–Crippen MR) is 70.7 cm³/mol. The van der Waals surface area contributed by atoms with E-state index < -0.39 is 43.4 Å². The number of hydrogen-bond donors (Lipinski definition) is 6. The SMILES string of the molecule is C[N+](C)(C)CC(O)CN[C@@H]1[C@@H](O)[C@H](O)[C@@H](CO)O[C@H]1O.[Cl-]. The molecule has 1 rings (SSSR count). The monoisotopic (exact) mass is 330 g/mol. The van der Waals surface area contributed by atoms with Gasteiger partial charge in [0.25, 0.3) is 0 Å². The fourth-order valence-electron chi connectivity index (χ4n) is 2.29. The van der Waals surface area contributed by atoms with Crippen molar-refractivity contribution >= 4 is 0 Å². The number of ether oxygens (including phenoxy) is 1. The van der Waals surface area contributed by atoms with Gasteiger partial charge in [-0.25, -0.2) is 0 Å². The highest BCUT2D eigenvalue weighted by Gasteiger charge is 2.43. The first-order chi connectivity index (χ1) is 9.15. The van der Waals surface area contributed by atoms with Gasteiger partial charge in [0.2, 0.25) is 0 Å². The Hall–Kier alpha value is -0.0300. The molecule has 0 aromatic heterocycles. The predicted octanol–water partition coefficient (Wildman–Crippen LogP) is -6.55. The summed E-state index contributed by atoms with van der Waals surface area (Å²) in [7, 11) is 5.81. The third kappa shape index (κ3) is 6.31. The maximum absolute atomic E-state index is 9.91. The van der Waals surface area contributed by atoms with Crippen molar-refractivity contribution in [2.24, 2.45) is 0 Å². The largest absolute Gasteiger partial charge is 1.00 e. The van der Waals surface area contributed by atoms with E-state index in [1.165, 1.54) is 0 Å². The minimum atomic E-state index is -1.36. The van der Waals surface area contributed by atoms with Crippen LogP contribution in [0.5, 0.6) is 0 Å². The molecule has 9 heteroatoms. The lowest BCUT2D eigenvalue weighted by Crippen LogP contribution is -3.00. The molecule has 8 nitrogen and oxygen atoms in total. The van der Waals surface area contributed by atoms with Crippen molar-refractivity contribution in [1.82, 2.24) is 5.32 Å². The van der Waals surface area contributed by atoms with Gasteiger partial charge in [0.05, 0.1) is 33.8 Å². The zero-order valence-electron chi connectivity index (χ0n) is 12.6. The van der Waals surface area contributed by atoms with Crippen LogP contribution in [0, 0.1) is 0 Å². The minimum absolute atomic E-state index is 0. The van der Waals surface area contributed by atoms with Crippen LogP contribution >= 0.6 is 0 Å². The van der Waals surface area contributed by atoms with E-state index in [-0.39, 0.29) is 19.0 Å². The smallest absolute Gasteiger partial charge is 0.173 e. The van der Waals surface area contributed by atoms with E-state index in [1.807, 2.05) is 21.1 Å². The Kier molecular flexibility index (Phi) is 8.55. The Balaban J connectivity index is 0.00000400. The fourth-order valence-corrected chi connectivity index (χ4v) is 2.29. The van der Waals surface area contributed by atoms with Crippen molar-refractivity contribution in [2.75, 3.05) is 40.8 Å². The van der Waals surface area contributed by atoms with Crippen LogP contribution in [0.15, 0.2) is 0 Å². The summed E-state index contributed by atoms with van der Waals surface area (Å²) >= 11 is 0. The van der Waals surface area contributed by atoms with E-state index in [0.717, 1.165) is 0 Å². The number of hydrogen-bond acceptors (Lipinski definition) is 7. The Bertz CT molecular complexity index is 304. The average Bonchev–Trinajstić information content (AvgIpc) is 2.31. The van der Waals surface area contributed by atoms with Gasteiger partial charge in [0.1, 0.15) is 31.0 Å². The van der Waals surface area contributed by atoms with Gasteiger partial charge < -0.3 is 52.5 Å². The molecule has 21 heavy (non-hydrogen) atoms. The van der Waals surface area contributed by atoms with Gasteiger partial charge in [0, 0.05) is 6.54 Å².